The maximum Gasteiger partial charge on any atom is 0.303 e. The maximum absolute atomic E-state index is 12.1. The lowest BCUT2D eigenvalue weighted by atomic mass is 10.0. The van der Waals surface area contributed by atoms with E-state index in [0.29, 0.717) is 12.3 Å². The van der Waals surface area contributed by atoms with Crippen LogP contribution in [0.4, 0.5) is 0 Å². The van der Waals surface area contributed by atoms with Crippen LogP contribution in [0.15, 0.2) is 0 Å². The van der Waals surface area contributed by atoms with Crippen LogP contribution in [0.2, 0.25) is 0 Å². The molecule has 0 amide bonds. The largest absolute Gasteiger partial charge is 0.481 e. The Hall–Kier alpha value is -0.660. The van der Waals surface area contributed by atoms with Gasteiger partial charge in [0.1, 0.15) is 0 Å². The zero-order valence-corrected chi connectivity index (χ0v) is 13.8. The zero-order chi connectivity index (χ0) is 16.0. The smallest absolute Gasteiger partial charge is 0.303 e. The van der Waals surface area contributed by atoms with E-state index in [1.165, 1.54) is 7.11 Å². The van der Waals surface area contributed by atoms with Crippen LogP contribution in [0, 0.1) is 5.92 Å². The Morgan fingerprint density at radius 2 is 1.90 bits per heavy atom. The second-order valence-corrected chi connectivity index (χ2v) is 7.92. The lowest BCUT2D eigenvalue weighted by Gasteiger charge is -2.27. The lowest BCUT2D eigenvalue weighted by Crippen LogP contribution is -2.46. The fourth-order valence-corrected chi connectivity index (χ4v) is 3.72. The predicted octanol–water partition coefficient (Wildman–Crippen LogP) is 1.61. The molecule has 0 saturated carbocycles. The van der Waals surface area contributed by atoms with E-state index < -0.39 is 21.5 Å². The SMILES string of the molecule is COC(CC(C)C)CS(=O)(=O)NC(C)(C)CCC(=O)O. The minimum atomic E-state index is -3.51. The summed E-state index contributed by atoms with van der Waals surface area (Å²) in [4.78, 5) is 10.6. The van der Waals surface area contributed by atoms with Crippen molar-refractivity contribution in [3.63, 3.8) is 0 Å². The fourth-order valence-electron chi connectivity index (χ4n) is 1.94. The number of carbonyl (C=O) groups is 1. The summed E-state index contributed by atoms with van der Waals surface area (Å²) in [6.07, 6.45) is 0.466. The monoisotopic (exact) mass is 309 g/mol. The molecule has 7 heteroatoms. The van der Waals surface area contributed by atoms with Gasteiger partial charge in [-0.25, -0.2) is 13.1 Å². The summed E-state index contributed by atoms with van der Waals surface area (Å²) >= 11 is 0. The minimum absolute atomic E-state index is 0.0742. The van der Waals surface area contributed by atoms with Gasteiger partial charge in [0, 0.05) is 19.1 Å². The second-order valence-electron chi connectivity index (χ2n) is 6.15. The highest BCUT2D eigenvalue weighted by atomic mass is 32.2. The summed E-state index contributed by atoms with van der Waals surface area (Å²) in [6, 6.07) is 0. The standard InChI is InChI=1S/C13H27NO5S/c1-10(2)8-11(19-5)9-20(17,18)14-13(3,4)7-6-12(15)16/h10-11,14H,6-9H2,1-5H3,(H,15,16). The van der Waals surface area contributed by atoms with Crippen molar-refractivity contribution in [2.24, 2.45) is 5.92 Å². The van der Waals surface area contributed by atoms with E-state index in [-0.39, 0.29) is 24.7 Å². The number of methoxy groups -OCH3 is 1. The number of hydrogen-bond donors (Lipinski definition) is 2. The minimum Gasteiger partial charge on any atom is -0.481 e. The van der Waals surface area contributed by atoms with Crippen molar-refractivity contribution in [3.05, 3.63) is 0 Å². The van der Waals surface area contributed by atoms with Gasteiger partial charge in [-0.1, -0.05) is 13.8 Å². The molecule has 0 saturated heterocycles. The molecule has 1 unspecified atom stereocenters. The van der Waals surface area contributed by atoms with Gasteiger partial charge in [-0.2, -0.15) is 0 Å². The van der Waals surface area contributed by atoms with Gasteiger partial charge in [-0.05, 0) is 32.6 Å². The molecule has 0 radical (unpaired) electrons. The van der Waals surface area contributed by atoms with Gasteiger partial charge < -0.3 is 9.84 Å². The van der Waals surface area contributed by atoms with Gasteiger partial charge in [0.15, 0.2) is 0 Å². The molecule has 0 bridgehead atoms. The number of aliphatic carboxylic acids is 1. The molecule has 0 aliphatic carbocycles. The number of ether oxygens (including phenoxy) is 1. The van der Waals surface area contributed by atoms with Crippen molar-refractivity contribution < 1.29 is 23.1 Å². The number of rotatable bonds is 10. The third-order valence-electron chi connectivity index (χ3n) is 2.87. The van der Waals surface area contributed by atoms with Crippen molar-refractivity contribution in [1.82, 2.24) is 4.72 Å². The highest BCUT2D eigenvalue weighted by Gasteiger charge is 2.28. The van der Waals surface area contributed by atoms with E-state index >= 15 is 0 Å². The van der Waals surface area contributed by atoms with E-state index in [2.05, 4.69) is 4.72 Å². The summed E-state index contributed by atoms with van der Waals surface area (Å²) in [6.45, 7) is 7.36. The van der Waals surface area contributed by atoms with Gasteiger partial charge in [0.25, 0.3) is 0 Å². The Kier molecular flexibility index (Phi) is 7.69. The molecule has 0 fully saturated rings. The first-order valence-electron chi connectivity index (χ1n) is 6.73. The first-order chi connectivity index (χ1) is 8.97. The molecular formula is C13H27NO5S. The summed E-state index contributed by atoms with van der Waals surface area (Å²) in [7, 11) is -2.01. The third kappa shape index (κ3) is 9.28. The second kappa shape index (κ2) is 7.95. The van der Waals surface area contributed by atoms with Crippen molar-refractivity contribution in [1.29, 1.82) is 0 Å². The van der Waals surface area contributed by atoms with Gasteiger partial charge in [-0.3, -0.25) is 4.79 Å². The van der Waals surface area contributed by atoms with Crippen LogP contribution in [-0.2, 0) is 19.6 Å². The normalized spacial score (nSPS) is 14.5. The highest BCUT2D eigenvalue weighted by molar-refractivity contribution is 7.89. The maximum atomic E-state index is 12.1. The Bertz CT molecular complexity index is 403. The quantitative estimate of drug-likeness (QED) is 0.639. The molecule has 0 rings (SSSR count). The summed E-state index contributed by atoms with van der Waals surface area (Å²) in [5, 5.41) is 8.66. The molecule has 0 aromatic rings. The van der Waals surface area contributed by atoms with Crippen LogP contribution in [0.3, 0.4) is 0 Å². The lowest BCUT2D eigenvalue weighted by molar-refractivity contribution is -0.137. The van der Waals surface area contributed by atoms with E-state index in [0.717, 1.165) is 0 Å². The van der Waals surface area contributed by atoms with E-state index in [4.69, 9.17) is 9.84 Å². The average Bonchev–Trinajstić information content (AvgIpc) is 2.23. The van der Waals surface area contributed by atoms with Crippen LogP contribution in [0.1, 0.15) is 47.0 Å². The van der Waals surface area contributed by atoms with Gasteiger partial charge in [-0.15, -0.1) is 0 Å². The Balaban J connectivity index is 4.59. The number of carboxylic acid groups (broad SMARTS) is 1. The Morgan fingerprint density at radius 3 is 2.30 bits per heavy atom. The molecule has 20 heavy (non-hydrogen) atoms. The first-order valence-corrected chi connectivity index (χ1v) is 8.39. The molecule has 0 aromatic heterocycles. The first kappa shape index (κ1) is 19.3. The molecule has 0 spiro atoms. The fraction of sp³-hybridized carbons (Fsp3) is 0.923. The van der Waals surface area contributed by atoms with Crippen molar-refractivity contribution >= 4 is 16.0 Å². The molecule has 2 N–H and O–H groups in total. The van der Waals surface area contributed by atoms with Crippen LogP contribution in [-0.4, -0.2) is 44.0 Å². The molecule has 0 heterocycles. The number of sulfonamides is 1. The summed E-state index contributed by atoms with van der Waals surface area (Å²) in [5.41, 5.74) is -0.784. The summed E-state index contributed by atoms with van der Waals surface area (Å²) < 4.78 is 32.0. The Labute approximate surface area is 121 Å². The van der Waals surface area contributed by atoms with Gasteiger partial charge in [0.05, 0.1) is 11.9 Å². The zero-order valence-electron chi connectivity index (χ0n) is 13.0. The molecular weight excluding hydrogens is 282 g/mol. The van der Waals surface area contributed by atoms with Gasteiger partial charge >= 0.3 is 5.97 Å². The topological polar surface area (TPSA) is 92.7 Å². The van der Waals surface area contributed by atoms with E-state index in [1.54, 1.807) is 13.8 Å². The van der Waals surface area contributed by atoms with Crippen molar-refractivity contribution in [3.8, 4) is 0 Å². The number of carboxylic acids is 1. The molecule has 0 aliphatic rings. The third-order valence-corrected chi connectivity index (χ3v) is 4.54. The van der Waals surface area contributed by atoms with E-state index in [1.807, 2.05) is 13.8 Å². The van der Waals surface area contributed by atoms with Crippen molar-refractivity contribution in [2.75, 3.05) is 12.9 Å². The molecule has 0 aliphatic heterocycles. The van der Waals surface area contributed by atoms with E-state index in [9.17, 15) is 13.2 Å². The molecule has 120 valence electrons. The van der Waals surface area contributed by atoms with Crippen LogP contribution in [0.25, 0.3) is 0 Å². The molecule has 0 aromatic carbocycles. The number of nitrogens with one attached hydrogen (secondary N) is 1. The van der Waals surface area contributed by atoms with Gasteiger partial charge in [0.2, 0.25) is 10.0 Å². The number of hydrogen-bond acceptors (Lipinski definition) is 4. The van der Waals surface area contributed by atoms with Crippen molar-refractivity contribution in [2.45, 2.75) is 58.6 Å². The average molecular weight is 309 g/mol. The highest BCUT2D eigenvalue weighted by Crippen LogP contribution is 2.15. The molecule has 6 nitrogen and oxygen atoms in total. The predicted molar refractivity (Wildman–Crippen MR) is 78.1 cm³/mol. The molecule has 1 atom stereocenters. The summed E-state index contributed by atoms with van der Waals surface area (Å²) in [5.74, 6) is -0.708. The van der Waals surface area contributed by atoms with Crippen LogP contribution >= 0.6 is 0 Å². The Morgan fingerprint density at radius 1 is 1.35 bits per heavy atom. The van der Waals surface area contributed by atoms with Crippen LogP contribution in [0.5, 0.6) is 0 Å². The van der Waals surface area contributed by atoms with Crippen LogP contribution < -0.4 is 4.72 Å².